The minimum absolute atomic E-state index is 0. The molecule has 2 fully saturated rings. The summed E-state index contributed by atoms with van der Waals surface area (Å²) in [6, 6.07) is 0.631. The normalized spacial score (nSPS) is 31.4. The van der Waals surface area contributed by atoms with Gasteiger partial charge >= 0.3 is 0 Å². The molecule has 3 N–H and O–H groups in total. The van der Waals surface area contributed by atoms with Crippen molar-refractivity contribution < 1.29 is 4.79 Å². The number of rotatable bonds is 3. The van der Waals surface area contributed by atoms with Crippen LogP contribution < -0.4 is 11.1 Å². The van der Waals surface area contributed by atoms with Crippen LogP contribution in [0.4, 0.5) is 0 Å². The van der Waals surface area contributed by atoms with Gasteiger partial charge in [0.05, 0.1) is 0 Å². The number of hydrogen-bond acceptors (Lipinski definition) is 2. The number of hydrogen-bond donors (Lipinski definition) is 2. The monoisotopic (exact) mass is 246 g/mol. The van der Waals surface area contributed by atoms with Gasteiger partial charge in [0, 0.05) is 17.5 Å². The molecule has 2 atom stereocenters. The van der Waals surface area contributed by atoms with Crippen LogP contribution in [0.3, 0.4) is 0 Å². The van der Waals surface area contributed by atoms with Crippen LogP contribution in [0, 0.1) is 5.41 Å². The molecule has 2 rings (SSSR count). The van der Waals surface area contributed by atoms with E-state index in [4.69, 9.17) is 5.73 Å². The number of carbonyl (C=O) groups excluding carboxylic acids is 1. The molecule has 2 aliphatic rings. The van der Waals surface area contributed by atoms with Gasteiger partial charge in [-0.2, -0.15) is 0 Å². The molecule has 0 heterocycles. The summed E-state index contributed by atoms with van der Waals surface area (Å²) in [5.74, 6) is 0.282. The lowest BCUT2D eigenvalue weighted by Crippen LogP contribution is -2.44. The first kappa shape index (κ1) is 13.8. The van der Waals surface area contributed by atoms with Crippen molar-refractivity contribution in [2.45, 2.75) is 64.0 Å². The zero-order valence-electron chi connectivity index (χ0n) is 10.00. The molecule has 4 heteroatoms. The first-order valence-corrected chi connectivity index (χ1v) is 6.23. The van der Waals surface area contributed by atoms with Gasteiger partial charge in [-0.25, -0.2) is 0 Å². The van der Waals surface area contributed by atoms with Crippen LogP contribution in [-0.2, 0) is 4.79 Å². The number of amides is 1. The van der Waals surface area contributed by atoms with Crippen LogP contribution >= 0.6 is 12.4 Å². The highest BCUT2D eigenvalue weighted by molar-refractivity contribution is 5.85. The first-order valence-electron chi connectivity index (χ1n) is 6.23. The van der Waals surface area contributed by atoms with Crippen molar-refractivity contribution in [3.05, 3.63) is 0 Å². The standard InChI is InChI=1S/C12H22N2O.ClH/c1-2-12(6-7-12)11(15)14-10-5-3-4-9(13)8-10;/h9-10H,2-8,13H2,1H3,(H,14,15);1H. The molecule has 2 saturated carbocycles. The van der Waals surface area contributed by atoms with E-state index in [9.17, 15) is 4.79 Å². The fourth-order valence-corrected chi connectivity index (χ4v) is 2.59. The molecule has 0 saturated heterocycles. The maximum atomic E-state index is 12.0. The molecule has 2 unspecified atom stereocenters. The second-order valence-electron chi connectivity index (χ2n) is 5.23. The number of nitrogens with two attached hydrogens (primary N) is 1. The molecule has 0 radical (unpaired) electrons. The summed E-state index contributed by atoms with van der Waals surface area (Å²) in [4.78, 5) is 12.0. The molecule has 0 aromatic carbocycles. The second-order valence-corrected chi connectivity index (χ2v) is 5.23. The zero-order chi connectivity index (χ0) is 10.9. The molecule has 0 bridgehead atoms. The van der Waals surface area contributed by atoms with Gasteiger partial charge in [-0.05, 0) is 44.9 Å². The van der Waals surface area contributed by atoms with Crippen molar-refractivity contribution in [2.75, 3.05) is 0 Å². The Kier molecular flexibility index (Phi) is 4.62. The van der Waals surface area contributed by atoms with Crippen LogP contribution in [-0.4, -0.2) is 18.0 Å². The van der Waals surface area contributed by atoms with Crippen molar-refractivity contribution in [1.29, 1.82) is 0 Å². The lowest BCUT2D eigenvalue weighted by molar-refractivity contribution is -0.127. The predicted octanol–water partition coefficient (Wildman–Crippen LogP) is 1.98. The maximum absolute atomic E-state index is 12.0. The predicted molar refractivity (Wildman–Crippen MR) is 67.6 cm³/mol. The fourth-order valence-electron chi connectivity index (χ4n) is 2.59. The average molecular weight is 247 g/mol. The molecule has 16 heavy (non-hydrogen) atoms. The van der Waals surface area contributed by atoms with E-state index in [0.717, 1.165) is 44.9 Å². The van der Waals surface area contributed by atoms with E-state index in [2.05, 4.69) is 12.2 Å². The summed E-state index contributed by atoms with van der Waals surface area (Å²) in [7, 11) is 0. The van der Waals surface area contributed by atoms with Crippen molar-refractivity contribution >= 4 is 18.3 Å². The van der Waals surface area contributed by atoms with E-state index in [1.165, 1.54) is 0 Å². The van der Waals surface area contributed by atoms with Crippen molar-refractivity contribution in [2.24, 2.45) is 11.1 Å². The molecular formula is C12H23ClN2O. The second kappa shape index (κ2) is 5.37. The Hall–Kier alpha value is -0.280. The van der Waals surface area contributed by atoms with Crippen molar-refractivity contribution in [3.63, 3.8) is 0 Å². The third kappa shape index (κ3) is 2.89. The van der Waals surface area contributed by atoms with Gasteiger partial charge in [0.1, 0.15) is 0 Å². The zero-order valence-corrected chi connectivity index (χ0v) is 10.8. The fraction of sp³-hybridized carbons (Fsp3) is 0.917. The third-order valence-corrected chi connectivity index (χ3v) is 4.06. The average Bonchev–Trinajstić information content (AvgIpc) is 2.98. The molecule has 0 aromatic rings. The Balaban J connectivity index is 0.00000128. The quantitative estimate of drug-likeness (QED) is 0.800. The van der Waals surface area contributed by atoms with Gasteiger partial charge in [-0.1, -0.05) is 6.92 Å². The van der Waals surface area contributed by atoms with Crippen LogP contribution in [0.5, 0.6) is 0 Å². The summed E-state index contributed by atoms with van der Waals surface area (Å²) in [6.45, 7) is 2.11. The number of carbonyl (C=O) groups is 1. The molecule has 94 valence electrons. The summed E-state index contributed by atoms with van der Waals surface area (Å²) in [5.41, 5.74) is 5.91. The number of nitrogens with one attached hydrogen (secondary N) is 1. The molecule has 0 aromatic heterocycles. The van der Waals surface area contributed by atoms with Gasteiger partial charge in [-0.15, -0.1) is 12.4 Å². The largest absolute Gasteiger partial charge is 0.353 e. The highest BCUT2D eigenvalue weighted by Gasteiger charge is 2.48. The van der Waals surface area contributed by atoms with Gasteiger partial charge in [0.2, 0.25) is 5.91 Å². The Morgan fingerprint density at radius 1 is 1.44 bits per heavy atom. The Bertz CT molecular complexity index is 253. The molecular weight excluding hydrogens is 224 g/mol. The van der Waals surface area contributed by atoms with Crippen molar-refractivity contribution in [1.82, 2.24) is 5.32 Å². The van der Waals surface area contributed by atoms with E-state index in [-0.39, 0.29) is 23.7 Å². The van der Waals surface area contributed by atoms with E-state index >= 15 is 0 Å². The minimum Gasteiger partial charge on any atom is -0.353 e. The Morgan fingerprint density at radius 2 is 2.12 bits per heavy atom. The molecule has 0 spiro atoms. The summed E-state index contributed by atoms with van der Waals surface area (Å²) in [6.07, 6.45) is 7.49. The Labute approximate surface area is 104 Å². The summed E-state index contributed by atoms with van der Waals surface area (Å²) in [5, 5.41) is 3.18. The molecule has 0 aliphatic heterocycles. The van der Waals surface area contributed by atoms with Crippen LogP contribution in [0.2, 0.25) is 0 Å². The van der Waals surface area contributed by atoms with Gasteiger partial charge < -0.3 is 11.1 Å². The smallest absolute Gasteiger partial charge is 0.226 e. The minimum atomic E-state index is 0. The van der Waals surface area contributed by atoms with Gasteiger partial charge in [-0.3, -0.25) is 4.79 Å². The lowest BCUT2D eigenvalue weighted by atomic mass is 9.91. The van der Waals surface area contributed by atoms with E-state index < -0.39 is 0 Å². The highest BCUT2D eigenvalue weighted by atomic mass is 35.5. The lowest BCUT2D eigenvalue weighted by Gasteiger charge is -2.28. The van der Waals surface area contributed by atoms with Crippen molar-refractivity contribution in [3.8, 4) is 0 Å². The third-order valence-electron chi connectivity index (χ3n) is 4.06. The maximum Gasteiger partial charge on any atom is 0.226 e. The summed E-state index contributed by atoms with van der Waals surface area (Å²) >= 11 is 0. The highest BCUT2D eigenvalue weighted by Crippen LogP contribution is 2.48. The Morgan fingerprint density at radius 3 is 2.62 bits per heavy atom. The number of halogens is 1. The first-order chi connectivity index (χ1) is 7.16. The van der Waals surface area contributed by atoms with Crippen LogP contribution in [0.1, 0.15) is 51.9 Å². The van der Waals surface area contributed by atoms with E-state index in [1.54, 1.807) is 0 Å². The molecule has 3 nitrogen and oxygen atoms in total. The SMILES string of the molecule is CCC1(C(=O)NC2CCCC(N)C2)CC1.Cl. The van der Waals surface area contributed by atoms with Gasteiger partial charge in [0.15, 0.2) is 0 Å². The summed E-state index contributed by atoms with van der Waals surface area (Å²) < 4.78 is 0. The van der Waals surface area contributed by atoms with Gasteiger partial charge in [0.25, 0.3) is 0 Å². The van der Waals surface area contributed by atoms with Crippen LogP contribution in [0.15, 0.2) is 0 Å². The topological polar surface area (TPSA) is 55.1 Å². The molecule has 1 amide bonds. The van der Waals surface area contributed by atoms with E-state index in [0.29, 0.717) is 12.1 Å². The molecule has 2 aliphatic carbocycles. The van der Waals surface area contributed by atoms with Crippen LogP contribution in [0.25, 0.3) is 0 Å². The van der Waals surface area contributed by atoms with E-state index in [1.807, 2.05) is 0 Å².